The first-order valence-corrected chi connectivity index (χ1v) is 6.41. The van der Waals surface area contributed by atoms with E-state index in [9.17, 15) is 14.7 Å². The Kier molecular flexibility index (Phi) is 4.12. The van der Waals surface area contributed by atoms with Crippen molar-refractivity contribution in [3.8, 4) is 11.5 Å². The van der Waals surface area contributed by atoms with Gasteiger partial charge in [-0.05, 0) is 30.9 Å². The van der Waals surface area contributed by atoms with Crippen molar-refractivity contribution >= 4 is 11.9 Å². The summed E-state index contributed by atoms with van der Waals surface area (Å²) < 4.78 is 4.94. The van der Waals surface area contributed by atoms with Crippen LogP contribution in [0.5, 0.6) is 11.5 Å². The van der Waals surface area contributed by atoms with Crippen LogP contribution in [0.15, 0.2) is 18.2 Å². The SMILES string of the molecule is COc1ccc(C(=O)NC(CC(=O)O)C2CC2)c(O)c1. The number of hydrogen-bond acceptors (Lipinski definition) is 4. The van der Waals surface area contributed by atoms with E-state index in [1.165, 1.54) is 19.2 Å². The molecule has 1 atom stereocenters. The Morgan fingerprint density at radius 3 is 2.65 bits per heavy atom. The van der Waals surface area contributed by atoms with Crippen molar-refractivity contribution in [2.24, 2.45) is 5.92 Å². The number of benzene rings is 1. The fraction of sp³-hybridized carbons (Fsp3) is 0.429. The van der Waals surface area contributed by atoms with Gasteiger partial charge in [-0.25, -0.2) is 0 Å². The van der Waals surface area contributed by atoms with E-state index in [4.69, 9.17) is 9.84 Å². The van der Waals surface area contributed by atoms with Gasteiger partial charge in [-0.2, -0.15) is 0 Å². The number of hydrogen-bond donors (Lipinski definition) is 3. The van der Waals surface area contributed by atoms with Crippen LogP contribution in [-0.2, 0) is 4.79 Å². The van der Waals surface area contributed by atoms with E-state index >= 15 is 0 Å². The summed E-state index contributed by atoms with van der Waals surface area (Å²) in [7, 11) is 1.46. The minimum absolute atomic E-state index is 0.104. The lowest BCUT2D eigenvalue weighted by Gasteiger charge is -2.16. The number of carbonyl (C=O) groups is 2. The van der Waals surface area contributed by atoms with Crippen molar-refractivity contribution in [3.63, 3.8) is 0 Å². The first-order chi connectivity index (χ1) is 9.51. The summed E-state index contributed by atoms with van der Waals surface area (Å²) in [6, 6.07) is 3.98. The minimum Gasteiger partial charge on any atom is -0.507 e. The molecule has 0 heterocycles. The molecule has 0 aliphatic heterocycles. The predicted molar refractivity (Wildman–Crippen MR) is 70.9 cm³/mol. The maximum Gasteiger partial charge on any atom is 0.305 e. The van der Waals surface area contributed by atoms with Gasteiger partial charge in [0.1, 0.15) is 11.5 Å². The fourth-order valence-electron chi connectivity index (χ4n) is 2.10. The molecule has 1 saturated carbocycles. The number of carboxylic acid groups (broad SMARTS) is 1. The minimum atomic E-state index is -0.943. The second kappa shape index (κ2) is 5.81. The van der Waals surface area contributed by atoms with E-state index in [0.717, 1.165) is 12.8 Å². The lowest BCUT2D eigenvalue weighted by molar-refractivity contribution is -0.137. The zero-order valence-electron chi connectivity index (χ0n) is 11.1. The van der Waals surface area contributed by atoms with Crippen LogP contribution in [0.1, 0.15) is 29.6 Å². The van der Waals surface area contributed by atoms with E-state index in [0.29, 0.717) is 5.75 Å². The van der Waals surface area contributed by atoms with Gasteiger partial charge in [-0.15, -0.1) is 0 Å². The second-order valence-corrected chi connectivity index (χ2v) is 4.90. The number of carbonyl (C=O) groups excluding carboxylic acids is 1. The molecule has 108 valence electrons. The van der Waals surface area contributed by atoms with E-state index < -0.39 is 11.9 Å². The van der Waals surface area contributed by atoms with Gasteiger partial charge in [-0.3, -0.25) is 9.59 Å². The first kappa shape index (κ1) is 14.2. The number of aromatic hydroxyl groups is 1. The molecule has 0 saturated heterocycles. The summed E-state index contributed by atoms with van der Waals surface area (Å²) in [5, 5.41) is 21.3. The molecule has 1 aromatic carbocycles. The largest absolute Gasteiger partial charge is 0.507 e. The monoisotopic (exact) mass is 279 g/mol. The van der Waals surface area contributed by atoms with Crippen LogP contribution in [0.4, 0.5) is 0 Å². The van der Waals surface area contributed by atoms with Crippen LogP contribution in [0.25, 0.3) is 0 Å². The quantitative estimate of drug-likeness (QED) is 0.731. The van der Waals surface area contributed by atoms with Crippen LogP contribution in [0, 0.1) is 5.92 Å². The summed E-state index contributed by atoms with van der Waals surface area (Å²) in [6.45, 7) is 0. The number of methoxy groups -OCH3 is 1. The second-order valence-electron chi connectivity index (χ2n) is 4.90. The third kappa shape index (κ3) is 3.40. The number of phenolic OH excluding ortho intramolecular Hbond substituents is 1. The van der Waals surface area contributed by atoms with Gasteiger partial charge in [0.2, 0.25) is 0 Å². The summed E-state index contributed by atoms with van der Waals surface area (Å²) in [5.74, 6) is -0.935. The topological polar surface area (TPSA) is 95.9 Å². The molecule has 2 rings (SSSR count). The summed E-state index contributed by atoms with van der Waals surface area (Å²) >= 11 is 0. The molecule has 0 spiro atoms. The lowest BCUT2D eigenvalue weighted by Crippen LogP contribution is -2.38. The molecule has 1 amide bonds. The molecule has 0 radical (unpaired) electrons. The number of rotatable bonds is 6. The van der Waals surface area contributed by atoms with Crippen LogP contribution in [0.3, 0.4) is 0 Å². The molecule has 1 fully saturated rings. The molecule has 0 aromatic heterocycles. The summed E-state index contributed by atoms with van der Waals surface area (Å²) in [5.41, 5.74) is 0.113. The first-order valence-electron chi connectivity index (χ1n) is 6.41. The fourth-order valence-corrected chi connectivity index (χ4v) is 2.10. The van der Waals surface area contributed by atoms with Crippen molar-refractivity contribution in [1.82, 2.24) is 5.32 Å². The van der Waals surface area contributed by atoms with E-state index in [-0.39, 0.29) is 29.7 Å². The molecule has 1 unspecified atom stereocenters. The normalized spacial score (nSPS) is 15.4. The van der Waals surface area contributed by atoms with Crippen LogP contribution in [0.2, 0.25) is 0 Å². The van der Waals surface area contributed by atoms with E-state index in [1.807, 2.05) is 0 Å². The number of phenols is 1. The molecule has 1 aliphatic rings. The number of aliphatic carboxylic acids is 1. The summed E-state index contributed by atoms with van der Waals surface area (Å²) in [4.78, 5) is 22.9. The molecule has 1 aromatic rings. The van der Waals surface area contributed by atoms with Gasteiger partial charge >= 0.3 is 5.97 Å². The van der Waals surface area contributed by atoms with Crippen LogP contribution < -0.4 is 10.1 Å². The number of ether oxygens (including phenoxy) is 1. The number of amides is 1. The average Bonchev–Trinajstić information content (AvgIpc) is 3.21. The van der Waals surface area contributed by atoms with Gasteiger partial charge < -0.3 is 20.3 Å². The Balaban J connectivity index is 2.08. The van der Waals surface area contributed by atoms with Crippen LogP contribution >= 0.6 is 0 Å². The van der Waals surface area contributed by atoms with Crippen molar-refractivity contribution in [3.05, 3.63) is 23.8 Å². The summed E-state index contributed by atoms with van der Waals surface area (Å²) in [6.07, 6.45) is 1.74. The average molecular weight is 279 g/mol. The zero-order valence-corrected chi connectivity index (χ0v) is 11.1. The highest BCUT2D eigenvalue weighted by Gasteiger charge is 2.34. The molecule has 0 bridgehead atoms. The Labute approximate surface area is 116 Å². The van der Waals surface area contributed by atoms with E-state index in [2.05, 4.69) is 5.32 Å². The van der Waals surface area contributed by atoms with Gasteiger partial charge in [0.25, 0.3) is 5.91 Å². The third-order valence-corrected chi connectivity index (χ3v) is 3.35. The van der Waals surface area contributed by atoms with Crippen molar-refractivity contribution in [1.29, 1.82) is 0 Å². The standard InChI is InChI=1S/C14H17NO5/c1-20-9-4-5-10(12(16)6-9)14(19)15-11(7-13(17)18)8-2-3-8/h4-6,8,11,16H,2-3,7H2,1H3,(H,15,19)(H,17,18). The highest BCUT2D eigenvalue weighted by molar-refractivity contribution is 5.97. The number of nitrogens with one attached hydrogen (secondary N) is 1. The van der Waals surface area contributed by atoms with Gasteiger partial charge in [0.05, 0.1) is 19.1 Å². The maximum absolute atomic E-state index is 12.1. The Bertz CT molecular complexity index is 524. The highest BCUT2D eigenvalue weighted by atomic mass is 16.5. The molecular formula is C14H17NO5. The van der Waals surface area contributed by atoms with E-state index in [1.54, 1.807) is 6.07 Å². The smallest absolute Gasteiger partial charge is 0.305 e. The van der Waals surface area contributed by atoms with Crippen molar-refractivity contribution in [2.45, 2.75) is 25.3 Å². The highest BCUT2D eigenvalue weighted by Crippen LogP contribution is 2.34. The Morgan fingerprint density at radius 1 is 1.45 bits per heavy atom. The lowest BCUT2D eigenvalue weighted by atomic mass is 10.1. The van der Waals surface area contributed by atoms with Gasteiger partial charge in [0, 0.05) is 12.1 Å². The molecule has 6 nitrogen and oxygen atoms in total. The molecule has 3 N–H and O–H groups in total. The van der Waals surface area contributed by atoms with Crippen molar-refractivity contribution < 1.29 is 24.5 Å². The molecule has 6 heteroatoms. The number of carboxylic acids is 1. The van der Waals surface area contributed by atoms with Gasteiger partial charge in [-0.1, -0.05) is 0 Å². The molecular weight excluding hydrogens is 262 g/mol. The Morgan fingerprint density at radius 2 is 2.15 bits per heavy atom. The molecule has 1 aliphatic carbocycles. The predicted octanol–water partition coefficient (Wildman–Crippen LogP) is 1.38. The molecule has 20 heavy (non-hydrogen) atoms. The van der Waals surface area contributed by atoms with Crippen LogP contribution in [-0.4, -0.2) is 35.2 Å². The zero-order chi connectivity index (χ0) is 14.7. The van der Waals surface area contributed by atoms with Gasteiger partial charge in [0.15, 0.2) is 0 Å². The van der Waals surface area contributed by atoms with Crippen molar-refractivity contribution in [2.75, 3.05) is 7.11 Å². The maximum atomic E-state index is 12.1. The Hall–Kier alpha value is -2.24. The third-order valence-electron chi connectivity index (χ3n) is 3.35.